The van der Waals surface area contributed by atoms with E-state index in [0.717, 1.165) is 22.2 Å². The first-order chi connectivity index (χ1) is 7.50. The minimum Gasteiger partial charge on any atom is -0.358 e. The summed E-state index contributed by atoms with van der Waals surface area (Å²) < 4.78 is 0. The number of fused-ring (bicyclic) bond motifs is 1. The lowest BCUT2D eigenvalue weighted by Gasteiger charge is -2.02. The first kappa shape index (κ1) is 11.7. The number of alkyl halides is 1. The fourth-order valence-corrected chi connectivity index (χ4v) is 2.22. The smallest absolute Gasteiger partial charge is 0.178 e. The number of hydrogen-bond acceptors (Lipinski definition) is 1. The number of nitrogens with one attached hydrogen (secondary N) is 1. The summed E-state index contributed by atoms with van der Waals surface area (Å²) >= 11 is 9.25. The maximum absolute atomic E-state index is 12.0. The highest BCUT2D eigenvalue weighted by Gasteiger charge is 2.19. The molecule has 0 fully saturated rings. The summed E-state index contributed by atoms with van der Waals surface area (Å²) in [7, 11) is 0. The van der Waals surface area contributed by atoms with Crippen LogP contribution in [0.15, 0.2) is 18.2 Å². The van der Waals surface area contributed by atoms with Gasteiger partial charge in [0.1, 0.15) is 0 Å². The van der Waals surface area contributed by atoms with Crippen molar-refractivity contribution in [1.82, 2.24) is 4.98 Å². The number of hydrogen-bond donors (Lipinski definition) is 1. The van der Waals surface area contributed by atoms with E-state index in [1.54, 1.807) is 0 Å². The van der Waals surface area contributed by atoms with Gasteiger partial charge >= 0.3 is 0 Å². The molecule has 0 bridgehead atoms. The number of ketones is 1. The maximum atomic E-state index is 12.0. The lowest BCUT2D eigenvalue weighted by molar-refractivity contribution is 0.0997. The highest BCUT2D eigenvalue weighted by Crippen LogP contribution is 2.27. The van der Waals surface area contributed by atoms with Crippen LogP contribution in [0.1, 0.15) is 23.0 Å². The third-order valence-corrected chi connectivity index (χ3v) is 3.21. The van der Waals surface area contributed by atoms with Crippen molar-refractivity contribution in [3.63, 3.8) is 0 Å². The minimum absolute atomic E-state index is 0.0750. The van der Waals surface area contributed by atoms with Gasteiger partial charge in [-0.05, 0) is 32.0 Å². The number of halogens is 2. The van der Waals surface area contributed by atoms with Gasteiger partial charge in [0.05, 0.1) is 4.83 Å². The Morgan fingerprint density at radius 2 is 2.19 bits per heavy atom. The maximum Gasteiger partial charge on any atom is 0.178 e. The number of H-pyrrole nitrogens is 1. The third kappa shape index (κ3) is 1.89. The molecular weight excluding hydrogens is 289 g/mol. The summed E-state index contributed by atoms with van der Waals surface area (Å²) in [6, 6.07) is 5.52. The van der Waals surface area contributed by atoms with Crippen molar-refractivity contribution in [3.05, 3.63) is 34.5 Å². The summed E-state index contributed by atoms with van der Waals surface area (Å²) in [5.74, 6) is 0.0750. The van der Waals surface area contributed by atoms with Crippen LogP contribution in [-0.2, 0) is 0 Å². The molecule has 4 heteroatoms. The molecule has 2 aromatic rings. The molecule has 0 saturated carbocycles. The molecule has 0 saturated heterocycles. The molecule has 1 atom stereocenters. The lowest BCUT2D eigenvalue weighted by atomic mass is 10.1. The van der Waals surface area contributed by atoms with Crippen molar-refractivity contribution in [2.24, 2.45) is 0 Å². The van der Waals surface area contributed by atoms with Crippen LogP contribution < -0.4 is 0 Å². The topological polar surface area (TPSA) is 32.9 Å². The van der Waals surface area contributed by atoms with Crippen molar-refractivity contribution < 1.29 is 4.79 Å². The molecule has 2 nitrogen and oxygen atoms in total. The largest absolute Gasteiger partial charge is 0.358 e. The van der Waals surface area contributed by atoms with Crippen LogP contribution in [0.3, 0.4) is 0 Å². The average Bonchev–Trinajstić information content (AvgIpc) is 2.52. The number of Topliss-reactive ketones (excluding diaryl/α,β-unsaturated/α-hetero) is 1. The summed E-state index contributed by atoms with van der Waals surface area (Å²) in [5, 5.41) is 1.53. The van der Waals surface area contributed by atoms with Crippen LogP contribution in [0.4, 0.5) is 0 Å². The molecule has 0 unspecified atom stereocenters. The van der Waals surface area contributed by atoms with Crippen LogP contribution >= 0.6 is 27.5 Å². The van der Waals surface area contributed by atoms with E-state index in [4.69, 9.17) is 11.6 Å². The third-order valence-electron chi connectivity index (χ3n) is 2.56. The number of rotatable bonds is 2. The number of aromatic nitrogens is 1. The average molecular weight is 301 g/mol. The highest BCUT2D eigenvalue weighted by molar-refractivity contribution is 9.10. The molecule has 0 amide bonds. The molecule has 0 aliphatic heterocycles. The molecule has 16 heavy (non-hydrogen) atoms. The van der Waals surface area contributed by atoms with Crippen LogP contribution in [0.2, 0.25) is 5.02 Å². The van der Waals surface area contributed by atoms with Gasteiger partial charge in [0.15, 0.2) is 5.78 Å². The van der Waals surface area contributed by atoms with Crippen molar-refractivity contribution in [3.8, 4) is 0 Å². The molecule has 0 aliphatic rings. The molecule has 1 aromatic carbocycles. The standard InChI is InChI=1S/C12H11BrClNO/c1-6(13)12(16)11-7(2)15-10-4-3-8(14)5-9(10)11/h3-6,15H,1-2H3/t6-/m1/s1. The Labute approximate surface area is 107 Å². The van der Waals surface area contributed by atoms with Crippen molar-refractivity contribution >= 4 is 44.2 Å². The number of aromatic amines is 1. The van der Waals surface area contributed by atoms with E-state index in [0.29, 0.717) is 5.02 Å². The van der Waals surface area contributed by atoms with Crippen molar-refractivity contribution in [2.45, 2.75) is 18.7 Å². The van der Waals surface area contributed by atoms with Crippen molar-refractivity contribution in [1.29, 1.82) is 0 Å². The normalized spacial score (nSPS) is 13.0. The Kier molecular flexibility index (Phi) is 3.08. The molecule has 0 spiro atoms. The first-order valence-corrected chi connectivity index (χ1v) is 6.26. The Hall–Kier alpha value is -0.800. The predicted molar refractivity (Wildman–Crippen MR) is 70.8 cm³/mol. The van der Waals surface area contributed by atoms with Crippen LogP contribution in [0.25, 0.3) is 10.9 Å². The number of carbonyl (C=O) groups is 1. The van der Waals surface area contributed by atoms with Gasteiger partial charge in [-0.15, -0.1) is 0 Å². The van der Waals surface area contributed by atoms with Crippen molar-refractivity contribution in [2.75, 3.05) is 0 Å². The second-order valence-electron chi connectivity index (χ2n) is 3.80. The second kappa shape index (κ2) is 4.22. The zero-order valence-corrected chi connectivity index (χ0v) is 11.3. The first-order valence-electron chi connectivity index (χ1n) is 4.97. The molecule has 2 rings (SSSR count). The predicted octanol–water partition coefficient (Wildman–Crippen LogP) is 4.10. The van der Waals surface area contributed by atoms with Gasteiger partial charge in [-0.1, -0.05) is 27.5 Å². The van der Waals surface area contributed by atoms with Gasteiger partial charge in [-0.25, -0.2) is 0 Å². The van der Waals surface area contributed by atoms with Gasteiger partial charge < -0.3 is 4.98 Å². The fraction of sp³-hybridized carbons (Fsp3) is 0.250. The summed E-state index contributed by atoms with van der Waals surface area (Å²) in [5.41, 5.74) is 2.55. The number of benzene rings is 1. The van der Waals surface area contributed by atoms with E-state index in [1.165, 1.54) is 0 Å². The molecule has 0 aliphatic carbocycles. The van der Waals surface area contributed by atoms with Crippen LogP contribution in [0.5, 0.6) is 0 Å². The van der Waals surface area contributed by atoms with E-state index in [2.05, 4.69) is 20.9 Å². The summed E-state index contributed by atoms with van der Waals surface area (Å²) in [4.78, 5) is 15.0. The molecule has 1 heterocycles. The molecule has 1 N–H and O–H groups in total. The lowest BCUT2D eigenvalue weighted by Crippen LogP contribution is -2.10. The monoisotopic (exact) mass is 299 g/mol. The summed E-state index contributed by atoms with van der Waals surface area (Å²) in [6.45, 7) is 3.72. The molecular formula is C12H11BrClNO. The van der Waals surface area contributed by atoms with Crippen LogP contribution in [0, 0.1) is 6.92 Å². The quantitative estimate of drug-likeness (QED) is 0.657. The number of carbonyl (C=O) groups excluding carboxylic acids is 1. The number of aryl methyl sites for hydroxylation is 1. The van der Waals surface area contributed by atoms with E-state index in [1.807, 2.05) is 32.0 Å². The van der Waals surface area contributed by atoms with E-state index in [9.17, 15) is 4.79 Å². The Balaban J connectivity index is 2.72. The van der Waals surface area contributed by atoms with Gasteiger partial charge in [0.2, 0.25) is 0 Å². The Morgan fingerprint density at radius 3 is 2.81 bits per heavy atom. The molecule has 0 radical (unpaired) electrons. The zero-order valence-electron chi connectivity index (χ0n) is 8.97. The SMILES string of the molecule is Cc1[nH]c2ccc(Cl)cc2c1C(=O)[C@@H](C)Br. The fourth-order valence-electron chi connectivity index (χ4n) is 1.82. The van der Waals surface area contributed by atoms with Gasteiger partial charge in [0.25, 0.3) is 0 Å². The van der Waals surface area contributed by atoms with E-state index < -0.39 is 0 Å². The second-order valence-corrected chi connectivity index (χ2v) is 5.61. The zero-order chi connectivity index (χ0) is 11.9. The highest BCUT2D eigenvalue weighted by atomic mass is 79.9. The Bertz CT molecular complexity index is 559. The van der Waals surface area contributed by atoms with Gasteiger partial charge in [-0.3, -0.25) is 4.79 Å². The van der Waals surface area contributed by atoms with Crippen LogP contribution in [-0.4, -0.2) is 15.6 Å². The molecule has 1 aromatic heterocycles. The minimum atomic E-state index is -0.191. The van der Waals surface area contributed by atoms with E-state index in [-0.39, 0.29) is 10.6 Å². The van der Waals surface area contributed by atoms with E-state index >= 15 is 0 Å². The summed E-state index contributed by atoms with van der Waals surface area (Å²) in [6.07, 6.45) is 0. The van der Waals surface area contributed by atoms with Gasteiger partial charge in [0, 0.05) is 27.2 Å². The Morgan fingerprint density at radius 1 is 1.50 bits per heavy atom. The molecule has 84 valence electrons. The van der Waals surface area contributed by atoms with Gasteiger partial charge in [-0.2, -0.15) is 0 Å².